The molecule has 3 aromatic rings. The molecular formula is C18H16N5+. The Hall–Kier alpha value is -3.17. The number of rotatable bonds is 5. The van der Waals surface area contributed by atoms with E-state index in [1.807, 2.05) is 48.8 Å². The standard InChI is InChI=1S/C18H16N5/c19-22-21-17-8-4-7-16(11-17)12-18-13-20-9-10-23(18)14-15-5-2-1-3-6-15/h1-11,13H,12,14H2/q+1. The van der Waals surface area contributed by atoms with Crippen molar-refractivity contribution in [3.8, 4) is 0 Å². The van der Waals surface area contributed by atoms with Gasteiger partial charge in [0.2, 0.25) is 5.69 Å². The van der Waals surface area contributed by atoms with Crippen LogP contribution in [-0.4, -0.2) is 4.98 Å². The predicted octanol–water partition coefficient (Wildman–Crippen LogP) is 3.95. The van der Waals surface area contributed by atoms with Gasteiger partial charge in [0.1, 0.15) is 0 Å². The second-order valence-corrected chi connectivity index (χ2v) is 5.22. The van der Waals surface area contributed by atoms with Crippen LogP contribution in [0.5, 0.6) is 0 Å². The minimum atomic E-state index is 0.628. The second kappa shape index (κ2) is 7.20. The van der Waals surface area contributed by atoms with Gasteiger partial charge in [0.05, 0.1) is 18.8 Å². The van der Waals surface area contributed by atoms with Crippen LogP contribution in [0.25, 0.3) is 10.4 Å². The van der Waals surface area contributed by atoms with Crippen molar-refractivity contribution in [2.45, 2.75) is 13.0 Å². The molecule has 0 aliphatic carbocycles. The van der Waals surface area contributed by atoms with Gasteiger partial charge in [-0.1, -0.05) is 53.6 Å². The van der Waals surface area contributed by atoms with Gasteiger partial charge in [-0.15, -0.1) is 0 Å². The lowest BCUT2D eigenvalue weighted by molar-refractivity contribution is -0.695. The number of azide groups is 1. The fraction of sp³-hybridized carbons (Fsp3) is 0.111. The van der Waals surface area contributed by atoms with Gasteiger partial charge in [-0.3, -0.25) is 4.98 Å². The zero-order chi connectivity index (χ0) is 15.9. The highest BCUT2D eigenvalue weighted by Gasteiger charge is 2.12. The molecule has 0 fully saturated rings. The summed E-state index contributed by atoms with van der Waals surface area (Å²) < 4.78 is 2.18. The third kappa shape index (κ3) is 3.93. The molecule has 0 atom stereocenters. The van der Waals surface area contributed by atoms with Crippen LogP contribution >= 0.6 is 0 Å². The van der Waals surface area contributed by atoms with Gasteiger partial charge in [0.25, 0.3) is 0 Å². The fourth-order valence-electron chi connectivity index (χ4n) is 2.49. The maximum absolute atomic E-state index is 8.55. The molecule has 5 heteroatoms. The van der Waals surface area contributed by atoms with E-state index in [0.717, 1.165) is 24.2 Å². The van der Waals surface area contributed by atoms with Crippen molar-refractivity contribution in [3.63, 3.8) is 0 Å². The Morgan fingerprint density at radius 3 is 2.70 bits per heavy atom. The Morgan fingerprint density at radius 2 is 1.87 bits per heavy atom. The molecule has 23 heavy (non-hydrogen) atoms. The van der Waals surface area contributed by atoms with Crippen LogP contribution in [0.15, 0.2) is 78.3 Å². The van der Waals surface area contributed by atoms with Gasteiger partial charge in [-0.05, 0) is 17.2 Å². The van der Waals surface area contributed by atoms with Crippen LogP contribution in [-0.2, 0) is 13.0 Å². The van der Waals surface area contributed by atoms with Crippen molar-refractivity contribution in [2.75, 3.05) is 0 Å². The highest BCUT2D eigenvalue weighted by atomic mass is 15.1. The summed E-state index contributed by atoms with van der Waals surface area (Å²) in [6.07, 6.45) is 6.39. The zero-order valence-corrected chi connectivity index (χ0v) is 12.6. The minimum Gasteiger partial charge on any atom is -0.252 e. The average Bonchev–Trinajstić information content (AvgIpc) is 2.58. The quantitative estimate of drug-likeness (QED) is 0.304. The summed E-state index contributed by atoms with van der Waals surface area (Å²) in [6.45, 7) is 0.800. The Morgan fingerprint density at radius 1 is 1.04 bits per heavy atom. The first kappa shape index (κ1) is 14.8. The van der Waals surface area contributed by atoms with E-state index in [9.17, 15) is 0 Å². The lowest BCUT2D eigenvalue weighted by Crippen LogP contribution is -2.38. The zero-order valence-electron chi connectivity index (χ0n) is 12.6. The van der Waals surface area contributed by atoms with Gasteiger partial charge < -0.3 is 0 Å². The van der Waals surface area contributed by atoms with Crippen LogP contribution in [0.3, 0.4) is 0 Å². The third-order valence-electron chi connectivity index (χ3n) is 3.58. The molecule has 1 aromatic heterocycles. The van der Waals surface area contributed by atoms with Gasteiger partial charge in [0, 0.05) is 16.2 Å². The van der Waals surface area contributed by atoms with E-state index >= 15 is 0 Å². The maximum atomic E-state index is 8.55. The number of aromatic nitrogens is 2. The van der Waals surface area contributed by atoms with Gasteiger partial charge >= 0.3 is 0 Å². The van der Waals surface area contributed by atoms with Crippen molar-refractivity contribution in [1.82, 2.24) is 4.98 Å². The molecule has 0 bridgehead atoms. The van der Waals surface area contributed by atoms with Crippen LogP contribution in [0.1, 0.15) is 16.8 Å². The molecule has 0 saturated carbocycles. The number of hydrogen-bond donors (Lipinski definition) is 0. The first-order valence-electron chi connectivity index (χ1n) is 7.35. The third-order valence-corrected chi connectivity index (χ3v) is 3.58. The lowest BCUT2D eigenvalue weighted by atomic mass is 10.1. The first-order chi connectivity index (χ1) is 11.3. The summed E-state index contributed by atoms with van der Waals surface area (Å²) in [5.74, 6) is 0. The summed E-state index contributed by atoms with van der Waals surface area (Å²) in [4.78, 5) is 7.07. The summed E-state index contributed by atoms with van der Waals surface area (Å²) >= 11 is 0. The largest absolute Gasteiger partial charge is 0.252 e. The average molecular weight is 302 g/mol. The molecule has 0 saturated heterocycles. The molecule has 0 radical (unpaired) electrons. The van der Waals surface area contributed by atoms with Gasteiger partial charge in [-0.2, -0.15) is 4.57 Å². The van der Waals surface area contributed by atoms with E-state index in [-0.39, 0.29) is 0 Å². The molecule has 2 aromatic carbocycles. The second-order valence-electron chi connectivity index (χ2n) is 5.22. The normalized spacial score (nSPS) is 10.1. The monoisotopic (exact) mass is 302 g/mol. The predicted molar refractivity (Wildman–Crippen MR) is 88.0 cm³/mol. The lowest BCUT2D eigenvalue weighted by Gasteiger charge is -2.05. The highest BCUT2D eigenvalue weighted by Crippen LogP contribution is 2.16. The Bertz CT molecular complexity index is 839. The van der Waals surface area contributed by atoms with Crippen molar-refractivity contribution < 1.29 is 4.57 Å². The van der Waals surface area contributed by atoms with Crippen LogP contribution in [0.2, 0.25) is 0 Å². The van der Waals surface area contributed by atoms with Crippen LogP contribution in [0.4, 0.5) is 5.69 Å². The molecule has 0 aliphatic rings. The topological polar surface area (TPSA) is 65.5 Å². The van der Waals surface area contributed by atoms with Crippen LogP contribution < -0.4 is 4.57 Å². The van der Waals surface area contributed by atoms with Crippen molar-refractivity contribution in [3.05, 3.63) is 100 Å². The summed E-state index contributed by atoms with van der Waals surface area (Å²) in [5.41, 5.74) is 12.6. The molecule has 0 aliphatic heterocycles. The summed E-state index contributed by atoms with van der Waals surface area (Å²) in [5, 5.41) is 3.66. The molecule has 0 spiro atoms. The number of benzene rings is 2. The molecule has 1 heterocycles. The Labute approximate surface area is 134 Å². The van der Waals surface area contributed by atoms with Gasteiger partial charge in [0.15, 0.2) is 12.7 Å². The number of hydrogen-bond acceptors (Lipinski definition) is 2. The van der Waals surface area contributed by atoms with E-state index < -0.39 is 0 Å². The maximum Gasteiger partial charge on any atom is 0.204 e. The van der Waals surface area contributed by atoms with Crippen molar-refractivity contribution in [1.29, 1.82) is 0 Å². The van der Waals surface area contributed by atoms with E-state index in [1.165, 1.54) is 5.56 Å². The number of nitrogens with zero attached hydrogens (tertiary/aromatic N) is 5. The molecule has 3 rings (SSSR count). The molecule has 0 unspecified atom stereocenters. The van der Waals surface area contributed by atoms with Gasteiger partial charge in [-0.25, -0.2) is 0 Å². The molecule has 112 valence electrons. The van der Waals surface area contributed by atoms with E-state index in [2.05, 4.69) is 31.7 Å². The highest BCUT2D eigenvalue weighted by molar-refractivity contribution is 5.40. The molecular weight excluding hydrogens is 286 g/mol. The van der Waals surface area contributed by atoms with E-state index in [1.54, 1.807) is 12.3 Å². The van der Waals surface area contributed by atoms with E-state index in [4.69, 9.17) is 5.53 Å². The summed E-state index contributed by atoms with van der Waals surface area (Å²) in [7, 11) is 0. The Balaban J connectivity index is 1.86. The first-order valence-corrected chi connectivity index (χ1v) is 7.35. The SMILES string of the molecule is [N-]=[N+]=Nc1cccc(Cc2cncc[n+]2Cc2ccccc2)c1. The fourth-order valence-corrected chi connectivity index (χ4v) is 2.49. The molecule has 0 N–H and O–H groups in total. The van der Waals surface area contributed by atoms with Crippen LogP contribution in [0, 0.1) is 0 Å². The minimum absolute atomic E-state index is 0.628. The van der Waals surface area contributed by atoms with Crippen molar-refractivity contribution in [2.24, 2.45) is 5.11 Å². The summed E-state index contributed by atoms with van der Waals surface area (Å²) in [6, 6.07) is 17.9. The smallest absolute Gasteiger partial charge is 0.204 e. The Kier molecular flexibility index (Phi) is 4.62. The van der Waals surface area contributed by atoms with Crippen molar-refractivity contribution >= 4 is 5.69 Å². The molecule has 0 amide bonds. The van der Waals surface area contributed by atoms with E-state index in [0.29, 0.717) is 5.69 Å². The molecule has 5 nitrogen and oxygen atoms in total.